The lowest BCUT2D eigenvalue weighted by Gasteiger charge is -2.30. The first-order chi connectivity index (χ1) is 20.4. The van der Waals surface area contributed by atoms with E-state index in [9.17, 15) is 19.1 Å². The van der Waals surface area contributed by atoms with Crippen molar-refractivity contribution in [1.82, 2.24) is 15.3 Å². The molecule has 6 rings (SSSR count). The monoisotopic (exact) mass is 604 g/mol. The highest BCUT2D eigenvalue weighted by Gasteiger charge is 2.50. The van der Waals surface area contributed by atoms with Crippen molar-refractivity contribution >= 4 is 34.3 Å². The molecule has 0 bridgehead atoms. The molecule has 9 nitrogen and oxygen atoms in total. The first-order valence-corrected chi connectivity index (χ1v) is 14.2. The Balaban J connectivity index is 1.39. The Morgan fingerprint density at radius 1 is 1.21 bits per heavy atom. The van der Waals surface area contributed by atoms with Crippen molar-refractivity contribution in [2.45, 2.75) is 37.7 Å². The fourth-order valence-electron chi connectivity index (χ4n) is 5.54. The van der Waals surface area contributed by atoms with Gasteiger partial charge in [-0.1, -0.05) is 11.6 Å². The quantitative estimate of drug-likeness (QED) is 0.268. The van der Waals surface area contributed by atoms with Gasteiger partial charge in [0.1, 0.15) is 46.1 Å². The van der Waals surface area contributed by atoms with Gasteiger partial charge in [-0.25, -0.2) is 14.4 Å². The number of hydrogen-bond acceptors (Lipinski definition) is 7. The number of methoxy groups -OCH3 is 1. The molecule has 2 aromatic heterocycles. The van der Waals surface area contributed by atoms with Crippen molar-refractivity contribution in [3.8, 4) is 22.8 Å². The molecule has 4 aromatic rings. The molecule has 11 heteroatoms. The summed E-state index contributed by atoms with van der Waals surface area (Å²) in [6, 6.07) is 12.3. The lowest BCUT2D eigenvalue weighted by molar-refractivity contribution is -0.123. The number of aliphatic hydroxyl groups is 1. The van der Waals surface area contributed by atoms with Crippen molar-refractivity contribution in [1.29, 1.82) is 0 Å². The zero-order chi connectivity index (χ0) is 30.7. The molecule has 1 aliphatic carbocycles. The van der Waals surface area contributed by atoms with Crippen LogP contribution in [0.5, 0.6) is 11.5 Å². The molecule has 2 atom stereocenters. The number of benzene rings is 2. The molecule has 3 heterocycles. The van der Waals surface area contributed by atoms with E-state index in [1.807, 2.05) is 0 Å². The second-order valence-corrected chi connectivity index (χ2v) is 11.8. The number of nitrogens with one attached hydrogen (secondary N) is 1. The molecule has 2 amide bonds. The number of amides is 2. The van der Waals surface area contributed by atoms with Crippen LogP contribution in [0.1, 0.15) is 47.1 Å². The fraction of sp³-hybridized carbons (Fsp3) is 0.312. The highest BCUT2D eigenvalue weighted by atomic mass is 35.5. The second-order valence-electron chi connectivity index (χ2n) is 11.4. The van der Waals surface area contributed by atoms with Crippen LogP contribution < -0.4 is 20.5 Å². The highest BCUT2D eigenvalue weighted by molar-refractivity contribution is 6.31. The van der Waals surface area contributed by atoms with Gasteiger partial charge in [-0.15, -0.1) is 0 Å². The van der Waals surface area contributed by atoms with Gasteiger partial charge in [0.2, 0.25) is 5.91 Å². The average molecular weight is 605 g/mol. The van der Waals surface area contributed by atoms with Gasteiger partial charge in [-0.2, -0.15) is 0 Å². The van der Waals surface area contributed by atoms with Crippen LogP contribution in [-0.4, -0.2) is 47.2 Å². The number of nitrogens with two attached hydrogens (primary N) is 1. The van der Waals surface area contributed by atoms with E-state index in [-0.39, 0.29) is 24.8 Å². The van der Waals surface area contributed by atoms with Crippen LogP contribution in [0.2, 0.25) is 5.02 Å². The molecule has 2 aromatic carbocycles. The number of aromatic nitrogens is 2. The molecular formula is C32H30ClFN4O5. The molecule has 222 valence electrons. The largest absolute Gasteiger partial charge is 0.494 e. The topological polar surface area (TPSA) is 137 Å². The predicted molar refractivity (Wildman–Crippen MR) is 159 cm³/mol. The molecule has 0 spiro atoms. The van der Waals surface area contributed by atoms with Crippen molar-refractivity contribution in [2.24, 2.45) is 11.7 Å². The van der Waals surface area contributed by atoms with Gasteiger partial charge < -0.3 is 25.6 Å². The number of ether oxygens (including phenoxy) is 2. The summed E-state index contributed by atoms with van der Waals surface area (Å²) in [4.78, 5) is 35.3. The Kier molecular flexibility index (Phi) is 7.01. The summed E-state index contributed by atoms with van der Waals surface area (Å²) in [5.74, 6) is -0.888. The third-order valence-electron chi connectivity index (χ3n) is 8.44. The number of halogens is 2. The summed E-state index contributed by atoms with van der Waals surface area (Å²) >= 11 is 6.29. The van der Waals surface area contributed by atoms with Crippen LogP contribution in [0.25, 0.3) is 22.2 Å². The van der Waals surface area contributed by atoms with Crippen molar-refractivity contribution in [2.75, 3.05) is 20.3 Å². The zero-order valence-electron chi connectivity index (χ0n) is 23.8. The minimum Gasteiger partial charge on any atom is -0.494 e. The smallest absolute Gasteiger partial charge is 0.251 e. The van der Waals surface area contributed by atoms with Crippen LogP contribution >= 0.6 is 11.6 Å². The zero-order valence-corrected chi connectivity index (χ0v) is 24.6. The Morgan fingerprint density at radius 3 is 2.58 bits per heavy atom. The molecule has 0 saturated heterocycles. The number of fused-ring (bicyclic) bond motifs is 2. The van der Waals surface area contributed by atoms with Crippen LogP contribution in [0.3, 0.4) is 0 Å². The van der Waals surface area contributed by atoms with E-state index in [0.717, 1.165) is 0 Å². The fourth-order valence-corrected chi connectivity index (χ4v) is 5.70. The maximum atomic E-state index is 13.8. The van der Waals surface area contributed by atoms with E-state index in [0.29, 0.717) is 68.3 Å². The SMILES string of the molecule is COc1cc(C(=O)NCC(O)(c2cc3c(c(-c4ccc(F)cc4)n2)OC[C@]3(C)C(N)=O)C2CC2)cc2cc(Cl)c(C)nc12. The lowest BCUT2D eigenvalue weighted by Crippen LogP contribution is -2.44. The number of aryl methyl sites for hydroxylation is 1. The average Bonchev–Trinajstić information content (AvgIpc) is 3.79. The molecule has 1 saturated carbocycles. The number of nitrogens with zero attached hydrogens (tertiary/aromatic N) is 2. The maximum Gasteiger partial charge on any atom is 0.251 e. The molecule has 1 unspecified atom stereocenters. The van der Waals surface area contributed by atoms with Crippen LogP contribution in [0, 0.1) is 18.7 Å². The number of carbonyl (C=O) groups excluding carboxylic acids is 2. The molecule has 2 aliphatic rings. The normalized spacial score (nSPS) is 18.9. The number of primary amides is 1. The third-order valence-corrected chi connectivity index (χ3v) is 8.83. The standard InChI is InChI=1S/C32H30ClFN4O5/c1-16-23(33)11-18-10-19(12-24(42-3)26(18)37-16)29(39)36-14-32(41,20-6-7-20)25-13-22-28(43-15-31(22,2)30(35)40)27(38-25)17-4-8-21(34)9-5-17/h4-5,8-13,20,41H,6-7,14-15H2,1-3H3,(H2,35,40)(H,36,39)/t31-,32?/m0/s1. The van der Waals surface area contributed by atoms with Crippen molar-refractivity contribution in [3.63, 3.8) is 0 Å². The Labute approximate surface area is 252 Å². The number of rotatable bonds is 8. The summed E-state index contributed by atoms with van der Waals surface area (Å²) in [6.07, 6.45) is 1.43. The Morgan fingerprint density at radius 2 is 1.93 bits per heavy atom. The minimum atomic E-state index is -1.58. The van der Waals surface area contributed by atoms with Gasteiger partial charge >= 0.3 is 0 Å². The molecule has 1 aliphatic heterocycles. The second kappa shape index (κ2) is 10.5. The van der Waals surface area contributed by atoms with Gasteiger partial charge in [-0.3, -0.25) is 9.59 Å². The van der Waals surface area contributed by atoms with Gasteiger partial charge in [-0.05, 0) is 81.1 Å². The summed E-state index contributed by atoms with van der Waals surface area (Å²) in [5.41, 5.74) is 6.18. The molecular weight excluding hydrogens is 575 g/mol. The summed E-state index contributed by atoms with van der Waals surface area (Å²) < 4.78 is 25.2. The van der Waals surface area contributed by atoms with Crippen molar-refractivity contribution in [3.05, 3.63) is 81.9 Å². The van der Waals surface area contributed by atoms with Gasteiger partial charge in [0.15, 0.2) is 0 Å². The summed E-state index contributed by atoms with van der Waals surface area (Å²) in [6.45, 7) is 3.30. The predicted octanol–water partition coefficient (Wildman–Crippen LogP) is 4.57. The Hall–Kier alpha value is -4.28. The first kappa shape index (κ1) is 28.8. The van der Waals surface area contributed by atoms with Crippen molar-refractivity contribution < 1.29 is 28.6 Å². The Bertz CT molecular complexity index is 1800. The molecule has 1 fully saturated rings. The first-order valence-electron chi connectivity index (χ1n) is 13.8. The molecule has 4 N–H and O–H groups in total. The number of hydrogen-bond donors (Lipinski definition) is 3. The third kappa shape index (κ3) is 4.94. The van der Waals surface area contributed by atoms with E-state index in [2.05, 4.69) is 10.3 Å². The van der Waals surface area contributed by atoms with Gasteiger partial charge in [0.25, 0.3) is 5.91 Å². The summed E-state index contributed by atoms with van der Waals surface area (Å²) in [5, 5.41) is 16.1. The highest BCUT2D eigenvalue weighted by Crippen LogP contribution is 2.50. The van der Waals surface area contributed by atoms with Crippen LogP contribution in [-0.2, 0) is 15.8 Å². The van der Waals surface area contributed by atoms with E-state index >= 15 is 0 Å². The van der Waals surface area contributed by atoms with Gasteiger partial charge in [0.05, 0.1) is 30.1 Å². The number of carbonyl (C=O) groups is 2. The molecule has 43 heavy (non-hydrogen) atoms. The molecule has 0 radical (unpaired) electrons. The van der Waals surface area contributed by atoms with E-state index < -0.39 is 28.6 Å². The van der Waals surface area contributed by atoms with Crippen LogP contribution in [0.4, 0.5) is 4.39 Å². The summed E-state index contributed by atoms with van der Waals surface area (Å²) in [7, 11) is 1.50. The van der Waals surface area contributed by atoms with E-state index in [4.69, 9.17) is 31.8 Å². The van der Waals surface area contributed by atoms with E-state index in [1.165, 1.54) is 19.2 Å². The number of pyridine rings is 2. The van der Waals surface area contributed by atoms with E-state index in [1.54, 1.807) is 50.2 Å². The minimum absolute atomic E-state index is 0.00220. The van der Waals surface area contributed by atoms with Crippen LogP contribution in [0.15, 0.2) is 48.5 Å². The lowest BCUT2D eigenvalue weighted by atomic mass is 9.81. The maximum absolute atomic E-state index is 13.8. The van der Waals surface area contributed by atoms with Gasteiger partial charge in [0, 0.05) is 22.1 Å².